The van der Waals surface area contributed by atoms with Crippen molar-refractivity contribution in [1.82, 2.24) is 29.1 Å². The van der Waals surface area contributed by atoms with Crippen molar-refractivity contribution < 1.29 is 27.3 Å². The fourth-order valence-corrected chi connectivity index (χ4v) is 6.47. The van der Waals surface area contributed by atoms with Gasteiger partial charge in [0, 0.05) is 57.1 Å². The minimum Gasteiger partial charge on any atom is -0.497 e. The molecule has 13 nitrogen and oxygen atoms in total. The normalized spacial score (nSPS) is 17.5. The number of carbonyl (C=O) groups is 2. The minimum absolute atomic E-state index is 0.0853. The Balaban J connectivity index is 1.13. The molecule has 1 aromatic heterocycles. The Bertz CT molecular complexity index is 1500. The number of anilines is 1. The number of methoxy groups -OCH3 is 1. The fourth-order valence-electron chi connectivity index (χ4n) is 4.95. The Morgan fingerprint density at radius 2 is 1.74 bits per heavy atom. The van der Waals surface area contributed by atoms with Gasteiger partial charge in [-0.15, -0.1) is 0 Å². The lowest BCUT2D eigenvalue weighted by Crippen LogP contribution is -2.51. The number of carbonyl (C=O) groups excluding carboxylic acids is 2. The summed E-state index contributed by atoms with van der Waals surface area (Å²) in [6, 6.07) is 13.4. The molecule has 1 N–H and O–H groups in total. The third-order valence-corrected chi connectivity index (χ3v) is 9.33. The highest BCUT2D eigenvalue weighted by molar-refractivity contribution is 7.89. The average Bonchev–Trinajstić information content (AvgIpc) is 3.35. The van der Waals surface area contributed by atoms with Crippen LogP contribution in [-0.4, -0.2) is 116 Å². The highest BCUT2D eigenvalue weighted by atomic mass is 32.2. The van der Waals surface area contributed by atoms with Crippen molar-refractivity contribution in [2.75, 3.05) is 71.8 Å². The maximum atomic E-state index is 13.2. The van der Waals surface area contributed by atoms with Gasteiger partial charge < -0.3 is 24.4 Å². The summed E-state index contributed by atoms with van der Waals surface area (Å²) in [6.45, 7) is 4.49. The first-order valence-corrected chi connectivity index (χ1v) is 15.3. The molecule has 3 aromatic rings. The highest BCUT2D eigenvalue weighted by Crippen LogP contribution is 2.22. The monoisotopic (exact) mass is 597 g/mol. The lowest BCUT2D eigenvalue weighted by molar-refractivity contribution is -0.144. The fraction of sp³-hybridized carbons (Fsp3) is 0.429. The van der Waals surface area contributed by atoms with Crippen molar-refractivity contribution in [2.24, 2.45) is 0 Å². The molecule has 0 saturated carbocycles. The van der Waals surface area contributed by atoms with Crippen molar-refractivity contribution in [3.63, 3.8) is 0 Å². The van der Waals surface area contributed by atoms with Gasteiger partial charge in [-0.05, 0) is 62.5 Å². The summed E-state index contributed by atoms with van der Waals surface area (Å²) in [5.41, 5.74) is 1.06. The Morgan fingerprint density at radius 3 is 2.48 bits per heavy atom. The molecule has 0 bridgehead atoms. The van der Waals surface area contributed by atoms with Crippen molar-refractivity contribution in [3.05, 3.63) is 54.4 Å². The summed E-state index contributed by atoms with van der Waals surface area (Å²) in [5, 5.41) is 6.63. The van der Waals surface area contributed by atoms with E-state index in [1.807, 2.05) is 31.3 Å². The maximum Gasteiger partial charge on any atom is 0.313 e. The molecule has 2 aliphatic heterocycles. The second-order valence-electron chi connectivity index (χ2n) is 10.4. The molecule has 5 rings (SSSR count). The summed E-state index contributed by atoms with van der Waals surface area (Å²) in [4.78, 5) is 35.9. The largest absolute Gasteiger partial charge is 0.497 e. The van der Waals surface area contributed by atoms with Crippen LogP contribution in [0.2, 0.25) is 0 Å². The standard InChI is InChI=1S/C28H35N7O6S/c1-32-11-4-12-35(18-13-32)42(38,39)24-6-3-5-22(19-24)29-27(36)28(37)34-16-14-33(15-17-34)20-25-30-26(31-41-25)21-7-9-23(40-2)10-8-21/h3,5-10,19H,4,11-18,20H2,1-2H3,(H,29,36). The topological polar surface area (TPSA) is 141 Å². The SMILES string of the molecule is COc1ccc(-c2noc(CN3CCN(C(=O)C(=O)Nc4cccc(S(=O)(=O)N5CCCN(C)CC5)c4)CC3)n2)cc1. The van der Waals surface area contributed by atoms with Crippen molar-refractivity contribution in [1.29, 1.82) is 0 Å². The number of hydrogen-bond acceptors (Lipinski definition) is 10. The van der Waals surface area contributed by atoms with Gasteiger partial charge in [0.1, 0.15) is 5.75 Å². The number of likely N-dealkylation sites (N-methyl/N-ethyl adjacent to an activating group) is 1. The number of hydrogen-bond donors (Lipinski definition) is 1. The van der Waals surface area contributed by atoms with Crippen molar-refractivity contribution in [2.45, 2.75) is 17.9 Å². The number of sulfonamides is 1. The third kappa shape index (κ3) is 6.95. The van der Waals surface area contributed by atoms with Gasteiger partial charge in [-0.25, -0.2) is 8.42 Å². The molecule has 42 heavy (non-hydrogen) atoms. The van der Waals surface area contributed by atoms with E-state index in [-0.39, 0.29) is 10.6 Å². The second kappa shape index (κ2) is 13.0. The number of rotatable bonds is 7. The molecule has 2 fully saturated rings. The second-order valence-corrected chi connectivity index (χ2v) is 12.3. The summed E-state index contributed by atoms with van der Waals surface area (Å²) in [7, 11) is -0.153. The molecule has 224 valence electrons. The summed E-state index contributed by atoms with van der Waals surface area (Å²) in [5.74, 6) is 0.199. The lowest BCUT2D eigenvalue weighted by Gasteiger charge is -2.33. The Morgan fingerprint density at radius 1 is 0.976 bits per heavy atom. The van der Waals surface area contributed by atoms with Crippen molar-refractivity contribution in [3.8, 4) is 17.1 Å². The van der Waals surface area contributed by atoms with E-state index >= 15 is 0 Å². The quantitative estimate of drug-likeness (QED) is 0.397. The van der Waals surface area contributed by atoms with Crippen LogP contribution in [0.25, 0.3) is 11.4 Å². The molecule has 0 aliphatic carbocycles. The number of amides is 2. The van der Waals surface area contributed by atoms with Gasteiger partial charge in [0.25, 0.3) is 0 Å². The number of benzene rings is 2. The highest BCUT2D eigenvalue weighted by Gasteiger charge is 2.29. The van der Waals surface area contributed by atoms with E-state index in [2.05, 4.69) is 25.3 Å². The Kier molecular flexibility index (Phi) is 9.16. The average molecular weight is 598 g/mol. The Labute approximate surface area is 245 Å². The van der Waals surface area contributed by atoms with Gasteiger partial charge >= 0.3 is 11.8 Å². The molecule has 2 aromatic carbocycles. The van der Waals surface area contributed by atoms with Crippen LogP contribution in [-0.2, 0) is 26.2 Å². The molecular weight excluding hydrogens is 562 g/mol. The predicted molar refractivity (Wildman–Crippen MR) is 154 cm³/mol. The summed E-state index contributed by atoms with van der Waals surface area (Å²) >= 11 is 0. The first-order chi connectivity index (χ1) is 20.2. The number of nitrogens with zero attached hydrogens (tertiary/aromatic N) is 6. The minimum atomic E-state index is -3.72. The van der Waals surface area contributed by atoms with E-state index < -0.39 is 21.8 Å². The van der Waals surface area contributed by atoms with Crippen LogP contribution >= 0.6 is 0 Å². The van der Waals surface area contributed by atoms with Crippen molar-refractivity contribution >= 4 is 27.5 Å². The van der Waals surface area contributed by atoms with Crippen LogP contribution in [0.1, 0.15) is 12.3 Å². The molecule has 0 spiro atoms. The number of piperazine rings is 1. The van der Waals surface area contributed by atoms with E-state index in [0.717, 1.165) is 24.3 Å². The first kappa shape index (κ1) is 29.6. The molecule has 0 atom stereocenters. The molecule has 0 radical (unpaired) electrons. The zero-order chi connectivity index (χ0) is 29.7. The van der Waals surface area contributed by atoms with Gasteiger partial charge in [-0.1, -0.05) is 11.2 Å². The van der Waals surface area contributed by atoms with Crippen LogP contribution in [0.15, 0.2) is 57.9 Å². The van der Waals surface area contributed by atoms with E-state index in [9.17, 15) is 18.0 Å². The van der Waals surface area contributed by atoms with Gasteiger partial charge in [-0.3, -0.25) is 14.5 Å². The Hall–Kier alpha value is -3.85. The maximum absolute atomic E-state index is 13.2. The van der Waals surface area contributed by atoms with Crippen LogP contribution in [0.3, 0.4) is 0 Å². The molecule has 2 amide bonds. The molecule has 2 saturated heterocycles. The van der Waals surface area contributed by atoms with Crippen LogP contribution in [0.5, 0.6) is 5.75 Å². The summed E-state index contributed by atoms with van der Waals surface area (Å²) in [6.07, 6.45) is 0.744. The smallest absolute Gasteiger partial charge is 0.313 e. The molecular formula is C28H35N7O6S. The number of aromatic nitrogens is 2. The molecule has 14 heteroatoms. The van der Waals surface area contributed by atoms with Gasteiger partial charge in [0.15, 0.2) is 0 Å². The van der Waals surface area contributed by atoms with Gasteiger partial charge in [0.05, 0.1) is 18.6 Å². The van der Waals surface area contributed by atoms with E-state index in [1.165, 1.54) is 21.3 Å². The van der Waals surface area contributed by atoms with E-state index in [1.54, 1.807) is 19.2 Å². The third-order valence-electron chi connectivity index (χ3n) is 7.44. The van der Waals surface area contributed by atoms with Gasteiger partial charge in [-0.2, -0.15) is 9.29 Å². The van der Waals surface area contributed by atoms with Crippen LogP contribution in [0.4, 0.5) is 5.69 Å². The number of ether oxygens (including phenoxy) is 1. The van der Waals surface area contributed by atoms with Crippen LogP contribution in [0, 0.1) is 0 Å². The molecule has 2 aliphatic rings. The zero-order valence-electron chi connectivity index (χ0n) is 23.7. The first-order valence-electron chi connectivity index (χ1n) is 13.8. The van der Waals surface area contributed by atoms with Crippen LogP contribution < -0.4 is 10.1 Å². The molecule has 3 heterocycles. The molecule has 0 unspecified atom stereocenters. The lowest BCUT2D eigenvalue weighted by atomic mass is 10.2. The van der Waals surface area contributed by atoms with E-state index in [4.69, 9.17) is 9.26 Å². The van der Waals surface area contributed by atoms with E-state index in [0.29, 0.717) is 64.1 Å². The summed E-state index contributed by atoms with van der Waals surface area (Å²) < 4.78 is 38.5. The predicted octanol–water partition coefficient (Wildman–Crippen LogP) is 1.35. The zero-order valence-corrected chi connectivity index (χ0v) is 24.5. The van der Waals surface area contributed by atoms with Gasteiger partial charge in [0.2, 0.25) is 21.7 Å². The number of nitrogens with one attached hydrogen (secondary N) is 1.